The molecule has 0 unspecified atom stereocenters. The van der Waals surface area contributed by atoms with Crippen LogP contribution in [0.1, 0.15) is 15.3 Å². The first-order valence-corrected chi connectivity index (χ1v) is 5.82. The molecule has 2 N–H and O–H groups in total. The first kappa shape index (κ1) is 11.6. The molecule has 0 bridgehead atoms. The Morgan fingerprint density at radius 3 is 2.76 bits per heavy atom. The SMILES string of the molecule is Cc1cc(Cn2ncc([N+](=O)[O-])c2N)c(C)s1. The fourth-order valence-corrected chi connectivity index (χ4v) is 2.59. The highest BCUT2D eigenvalue weighted by molar-refractivity contribution is 7.12. The van der Waals surface area contributed by atoms with E-state index in [-0.39, 0.29) is 11.5 Å². The fourth-order valence-electron chi connectivity index (χ4n) is 1.65. The Balaban J connectivity index is 2.31. The van der Waals surface area contributed by atoms with Gasteiger partial charge in [-0.15, -0.1) is 11.3 Å². The zero-order valence-electron chi connectivity index (χ0n) is 9.51. The van der Waals surface area contributed by atoms with Crippen molar-refractivity contribution in [3.8, 4) is 0 Å². The van der Waals surface area contributed by atoms with Crippen LogP contribution in [-0.4, -0.2) is 14.7 Å². The largest absolute Gasteiger partial charge is 0.378 e. The molecule has 0 fully saturated rings. The van der Waals surface area contributed by atoms with Crippen molar-refractivity contribution in [2.45, 2.75) is 20.4 Å². The summed E-state index contributed by atoms with van der Waals surface area (Å²) in [6, 6.07) is 2.05. The number of nitrogens with two attached hydrogens (primary N) is 1. The predicted molar refractivity (Wildman–Crippen MR) is 66.2 cm³/mol. The lowest BCUT2D eigenvalue weighted by Crippen LogP contribution is -2.06. The van der Waals surface area contributed by atoms with E-state index in [1.165, 1.54) is 20.6 Å². The Morgan fingerprint density at radius 2 is 2.29 bits per heavy atom. The predicted octanol–water partition coefficient (Wildman–Crippen LogP) is 2.10. The molecule has 90 valence electrons. The maximum Gasteiger partial charge on any atom is 0.330 e. The number of aromatic nitrogens is 2. The lowest BCUT2D eigenvalue weighted by atomic mass is 10.2. The minimum Gasteiger partial charge on any atom is -0.378 e. The molecular weight excluding hydrogens is 240 g/mol. The first-order valence-electron chi connectivity index (χ1n) is 5.00. The van der Waals surface area contributed by atoms with Crippen molar-refractivity contribution in [2.24, 2.45) is 0 Å². The third-order valence-corrected chi connectivity index (χ3v) is 3.53. The van der Waals surface area contributed by atoms with Gasteiger partial charge in [0, 0.05) is 9.75 Å². The van der Waals surface area contributed by atoms with Crippen LogP contribution in [0.3, 0.4) is 0 Å². The molecule has 0 saturated carbocycles. The van der Waals surface area contributed by atoms with E-state index in [0.29, 0.717) is 6.54 Å². The summed E-state index contributed by atoms with van der Waals surface area (Å²) < 4.78 is 1.45. The van der Waals surface area contributed by atoms with Crippen molar-refractivity contribution < 1.29 is 4.92 Å². The Bertz CT molecular complexity index is 573. The average Bonchev–Trinajstić information content (AvgIpc) is 2.73. The Labute approximate surface area is 102 Å². The standard InChI is InChI=1S/C10H12N4O2S/c1-6-3-8(7(2)17-6)5-13-10(11)9(4-12-13)14(15)16/h3-4H,5,11H2,1-2H3. The molecule has 2 aromatic rings. The molecule has 0 aliphatic carbocycles. The van der Waals surface area contributed by atoms with E-state index >= 15 is 0 Å². The molecule has 7 heteroatoms. The lowest BCUT2D eigenvalue weighted by Gasteiger charge is -2.02. The van der Waals surface area contributed by atoms with Crippen LogP contribution >= 0.6 is 11.3 Å². The van der Waals surface area contributed by atoms with Crippen LogP contribution in [0, 0.1) is 24.0 Å². The number of aryl methyl sites for hydroxylation is 2. The number of nitro groups is 1. The van der Waals surface area contributed by atoms with E-state index in [0.717, 1.165) is 5.56 Å². The summed E-state index contributed by atoms with van der Waals surface area (Å²) in [5, 5.41) is 14.6. The van der Waals surface area contributed by atoms with Gasteiger partial charge in [-0.3, -0.25) is 10.1 Å². The maximum absolute atomic E-state index is 10.6. The molecule has 0 amide bonds. The zero-order chi connectivity index (χ0) is 12.6. The van der Waals surface area contributed by atoms with Crippen LogP contribution in [0.5, 0.6) is 0 Å². The van der Waals surface area contributed by atoms with Gasteiger partial charge in [0.05, 0.1) is 11.5 Å². The van der Waals surface area contributed by atoms with Crippen LogP contribution in [0.4, 0.5) is 11.5 Å². The molecule has 2 rings (SSSR count). The van der Waals surface area contributed by atoms with E-state index < -0.39 is 4.92 Å². The van der Waals surface area contributed by atoms with Crippen LogP contribution in [0.25, 0.3) is 0 Å². The molecule has 0 radical (unpaired) electrons. The normalized spacial score (nSPS) is 10.7. The topological polar surface area (TPSA) is 87.0 Å². The highest BCUT2D eigenvalue weighted by Crippen LogP contribution is 2.25. The fraction of sp³-hybridized carbons (Fsp3) is 0.300. The van der Waals surface area contributed by atoms with Crippen LogP contribution in [0.2, 0.25) is 0 Å². The van der Waals surface area contributed by atoms with Gasteiger partial charge < -0.3 is 5.73 Å². The maximum atomic E-state index is 10.6. The molecule has 2 heterocycles. The third kappa shape index (κ3) is 2.14. The van der Waals surface area contributed by atoms with Crippen molar-refractivity contribution in [1.29, 1.82) is 0 Å². The summed E-state index contributed by atoms with van der Waals surface area (Å²) in [5.74, 6) is 0.0956. The van der Waals surface area contributed by atoms with Crippen LogP contribution in [0.15, 0.2) is 12.3 Å². The van der Waals surface area contributed by atoms with Crippen molar-refractivity contribution in [3.05, 3.63) is 37.7 Å². The number of hydrogen-bond acceptors (Lipinski definition) is 5. The molecule has 0 aromatic carbocycles. The summed E-state index contributed by atoms with van der Waals surface area (Å²) >= 11 is 1.69. The Hall–Kier alpha value is -1.89. The highest BCUT2D eigenvalue weighted by atomic mass is 32.1. The molecule has 17 heavy (non-hydrogen) atoms. The molecule has 0 aliphatic rings. The molecular formula is C10H12N4O2S. The molecule has 0 saturated heterocycles. The van der Waals surface area contributed by atoms with Gasteiger partial charge >= 0.3 is 5.69 Å². The quantitative estimate of drug-likeness (QED) is 0.669. The zero-order valence-corrected chi connectivity index (χ0v) is 10.3. The highest BCUT2D eigenvalue weighted by Gasteiger charge is 2.18. The lowest BCUT2D eigenvalue weighted by molar-refractivity contribution is -0.384. The Morgan fingerprint density at radius 1 is 1.59 bits per heavy atom. The summed E-state index contributed by atoms with van der Waals surface area (Å²) in [6.45, 7) is 4.51. The van der Waals surface area contributed by atoms with Crippen molar-refractivity contribution in [3.63, 3.8) is 0 Å². The van der Waals surface area contributed by atoms with Gasteiger partial charge in [-0.2, -0.15) is 5.10 Å². The molecule has 0 aliphatic heterocycles. The molecule has 0 atom stereocenters. The van der Waals surface area contributed by atoms with E-state index in [9.17, 15) is 10.1 Å². The monoisotopic (exact) mass is 252 g/mol. The van der Waals surface area contributed by atoms with Crippen molar-refractivity contribution in [1.82, 2.24) is 9.78 Å². The van der Waals surface area contributed by atoms with Gasteiger partial charge in [0.15, 0.2) is 0 Å². The first-order chi connectivity index (χ1) is 7.99. The van der Waals surface area contributed by atoms with E-state index in [2.05, 4.69) is 5.10 Å². The second-order valence-electron chi connectivity index (χ2n) is 3.77. The number of anilines is 1. The van der Waals surface area contributed by atoms with Gasteiger partial charge in [-0.25, -0.2) is 4.68 Å². The second-order valence-corrected chi connectivity index (χ2v) is 5.23. The van der Waals surface area contributed by atoms with Crippen LogP contribution < -0.4 is 5.73 Å². The van der Waals surface area contributed by atoms with Gasteiger partial charge in [0.2, 0.25) is 5.82 Å². The summed E-state index contributed by atoms with van der Waals surface area (Å²) in [6.07, 6.45) is 1.18. The van der Waals surface area contributed by atoms with E-state index in [4.69, 9.17) is 5.73 Å². The number of nitrogen functional groups attached to an aromatic ring is 1. The summed E-state index contributed by atoms with van der Waals surface area (Å²) in [4.78, 5) is 12.5. The van der Waals surface area contributed by atoms with Crippen molar-refractivity contribution in [2.75, 3.05) is 5.73 Å². The number of rotatable bonds is 3. The molecule has 6 nitrogen and oxygen atoms in total. The van der Waals surface area contributed by atoms with Gasteiger partial charge in [-0.05, 0) is 25.5 Å². The third-order valence-electron chi connectivity index (χ3n) is 2.52. The smallest absolute Gasteiger partial charge is 0.330 e. The van der Waals surface area contributed by atoms with E-state index in [1.807, 2.05) is 19.9 Å². The van der Waals surface area contributed by atoms with Crippen LogP contribution in [-0.2, 0) is 6.54 Å². The number of thiophene rings is 1. The minimum absolute atomic E-state index is 0.0956. The molecule has 2 aromatic heterocycles. The Kier molecular flexibility index (Phi) is 2.84. The second kappa shape index (κ2) is 4.17. The van der Waals surface area contributed by atoms with E-state index in [1.54, 1.807) is 11.3 Å². The van der Waals surface area contributed by atoms with Gasteiger partial charge in [0.1, 0.15) is 6.20 Å². The van der Waals surface area contributed by atoms with Crippen molar-refractivity contribution >= 4 is 22.8 Å². The minimum atomic E-state index is -0.523. The van der Waals surface area contributed by atoms with Gasteiger partial charge in [0.25, 0.3) is 0 Å². The average molecular weight is 252 g/mol. The molecule has 0 spiro atoms. The summed E-state index contributed by atoms with van der Waals surface area (Å²) in [7, 11) is 0. The number of nitrogens with zero attached hydrogens (tertiary/aromatic N) is 3. The van der Waals surface area contributed by atoms with Gasteiger partial charge in [-0.1, -0.05) is 0 Å². The summed E-state index contributed by atoms with van der Waals surface area (Å²) in [5.41, 5.74) is 6.62. The number of hydrogen-bond donors (Lipinski definition) is 1.